The van der Waals surface area contributed by atoms with Gasteiger partial charge in [0.15, 0.2) is 34.7 Å². The zero-order chi connectivity index (χ0) is 29.2. The molecule has 0 aromatic heterocycles. The minimum Gasteiger partial charge on any atom is -0.505 e. The van der Waals surface area contributed by atoms with Gasteiger partial charge in [0.25, 0.3) is 0 Å². The van der Waals surface area contributed by atoms with Crippen LogP contribution in [0.25, 0.3) is 0 Å². The van der Waals surface area contributed by atoms with Crippen LogP contribution in [0.2, 0.25) is 0 Å². The van der Waals surface area contributed by atoms with Gasteiger partial charge in [0, 0.05) is 32.1 Å². The number of anilines is 2. The molecule has 0 radical (unpaired) electrons. The molecule has 12 heteroatoms. The number of nitrogens with two attached hydrogens (primary N) is 1. The topological polar surface area (TPSA) is 193 Å². The van der Waals surface area contributed by atoms with Crippen LogP contribution in [0.5, 0.6) is 5.75 Å². The van der Waals surface area contributed by atoms with Crippen molar-refractivity contribution in [2.75, 3.05) is 30.9 Å². The molecule has 2 saturated carbocycles. The van der Waals surface area contributed by atoms with Crippen molar-refractivity contribution in [3.05, 3.63) is 17.2 Å². The third-order valence-corrected chi connectivity index (χ3v) is 7.73. The zero-order valence-electron chi connectivity index (χ0n) is 22.5. The molecule has 1 aromatic carbocycles. The fourth-order valence-corrected chi connectivity index (χ4v) is 5.94. The summed E-state index contributed by atoms with van der Waals surface area (Å²) in [5, 5.41) is 24.9. The van der Waals surface area contributed by atoms with Gasteiger partial charge in [0.05, 0.1) is 23.8 Å². The lowest BCUT2D eigenvalue weighted by Crippen LogP contribution is -2.68. The van der Waals surface area contributed by atoms with E-state index >= 15 is 0 Å². The standard InChI is InChI=1S/C27H33N3O9/c1-26(2,3)10-39-25(37)29-14-9-15(30(4)5)13-7-11-6-12-8-16(31)19(24(28)36)23(35)27(12,38)22(34)17(11)21(33)18(13)20(14)32/h9,11-12,17,19,32,38H,6-8,10H2,1-5H3,(H2,28,36)(H,29,37)/t11-,12+,17?,19?,27+/m1/s1. The Kier molecular flexibility index (Phi) is 6.83. The molecule has 0 spiro atoms. The monoisotopic (exact) mass is 543 g/mol. The zero-order valence-corrected chi connectivity index (χ0v) is 22.5. The quantitative estimate of drug-likeness (QED) is 0.314. The fraction of sp³-hybridized carbons (Fsp3) is 0.556. The van der Waals surface area contributed by atoms with E-state index in [-0.39, 0.29) is 36.1 Å². The van der Waals surface area contributed by atoms with Crippen molar-refractivity contribution in [2.24, 2.45) is 34.8 Å². The maximum absolute atomic E-state index is 13.8. The van der Waals surface area contributed by atoms with Gasteiger partial charge in [0.2, 0.25) is 5.91 Å². The molecular weight excluding hydrogens is 510 g/mol. The van der Waals surface area contributed by atoms with Crippen LogP contribution in [-0.2, 0) is 30.3 Å². The summed E-state index contributed by atoms with van der Waals surface area (Å²) >= 11 is 0. The second-order valence-electron chi connectivity index (χ2n) is 12.0. The normalized spacial score (nSPS) is 28.3. The van der Waals surface area contributed by atoms with Crippen LogP contribution in [-0.4, -0.2) is 71.6 Å². The van der Waals surface area contributed by atoms with Crippen LogP contribution in [0.4, 0.5) is 16.2 Å². The van der Waals surface area contributed by atoms with Gasteiger partial charge in [0.1, 0.15) is 5.75 Å². The minimum absolute atomic E-state index is 0.00614. The highest BCUT2D eigenvalue weighted by Crippen LogP contribution is 2.52. The number of carbonyl (C=O) groups is 6. The van der Waals surface area contributed by atoms with Crippen molar-refractivity contribution in [3.63, 3.8) is 0 Å². The number of rotatable bonds is 4. The molecule has 0 aliphatic heterocycles. The Hall–Kier alpha value is -3.80. The van der Waals surface area contributed by atoms with Crippen LogP contribution in [0.3, 0.4) is 0 Å². The lowest BCUT2D eigenvalue weighted by atomic mass is 9.53. The van der Waals surface area contributed by atoms with Gasteiger partial charge >= 0.3 is 6.09 Å². The Morgan fingerprint density at radius 2 is 1.79 bits per heavy atom. The van der Waals surface area contributed by atoms with Crippen molar-refractivity contribution < 1.29 is 43.7 Å². The van der Waals surface area contributed by atoms with Crippen molar-refractivity contribution in [2.45, 2.75) is 45.6 Å². The molecule has 0 saturated heterocycles. The average molecular weight is 544 g/mol. The molecule has 4 rings (SSSR count). The van der Waals surface area contributed by atoms with Crippen molar-refractivity contribution in [3.8, 4) is 5.75 Å². The van der Waals surface area contributed by atoms with E-state index in [2.05, 4.69) is 5.32 Å². The molecule has 5 N–H and O–H groups in total. The number of hydrogen-bond acceptors (Lipinski definition) is 10. The number of ether oxygens (including phenoxy) is 1. The Labute approximate surface area is 224 Å². The maximum atomic E-state index is 13.8. The van der Waals surface area contributed by atoms with Crippen molar-refractivity contribution in [1.82, 2.24) is 0 Å². The number of hydrogen-bond donors (Lipinski definition) is 4. The van der Waals surface area contributed by atoms with Gasteiger partial charge in [-0.25, -0.2) is 4.79 Å². The number of aromatic hydroxyl groups is 1. The first-order valence-corrected chi connectivity index (χ1v) is 12.7. The lowest BCUT2D eigenvalue weighted by Gasteiger charge is -2.48. The summed E-state index contributed by atoms with van der Waals surface area (Å²) in [6.45, 7) is 5.70. The number of nitrogens with zero attached hydrogens (tertiary/aromatic N) is 1. The number of nitrogens with one attached hydrogen (secondary N) is 1. The van der Waals surface area contributed by atoms with Crippen LogP contribution >= 0.6 is 0 Å². The average Bonchev–Trinajstić information content (AvgIpc) is 2.80. The third-order valence-electron chi connectivity index (χ3n) is 7.73. The second-order valence-corrected chi connectivity index (χ2v) is 12.0. The Morgan fingerprint density at radius 3 is 2.36 bits per heavy atom. The van der Waals surface area contributed by atoms with E-state index in [1.54, 1.807) is 19.0 Å². The first-order valence-electron chi connectivity index (χ1n) is 12.7. The lowest BCUT2D eigenvalue weighted by molar-refractivity contribution is -0.175. The van der Waals surface area contributed by atoms with Gasteiger partial charge in [-0.15, -0.1) is 0 Å². The van der Waals surface area contributed by atoms with E-state index in [0.29, 0.717) is 11.3 Å². The second kappa shape index (κ2) is 9.44. The number of phenolic OH excluding ortho intramolecular Hbond substituents is 1. The smallest absolute Gasteiger partial charge is 0.411 e. The van der Waals surface area contributed by atoms with E-state index in [0.717, 1.165) is 0 Å². The summed E-state index contributed by atoms with van der Waals surface area (Å²) in [5.74, 6) is -11.1. The fourth-order valence-electron chi connectivity index (χ4n) is 5.94. The Morgan fingerprint density at radius 1 is 1.15 bits per heavy atom. The van der Waals surface area contributed by atoms with Gasteiger partial charge in [-0.3, -0.25) is 29.3 Å². The number of benzene rings is 1. The molecule has 12 nitrogen and oxygen atoms in total. The van der Waals surface area contributed by atoms with Gasteiger partial charge in [-0.1, -0.05) is 20.8 Å². The minimum atomic E-state index is -2.73. The van der Waals surface area contributed by atoms with E-state index < -0.39 is 76.6 Å². The molecule has 0 bridgehead atoms. The highest BCUT2D eigenvalue weighted by molar-refractivity contribution is 6.31. The largest absolute Gasteiger partial charge is 0.505 e. The number of Topliss-reactive ketones (excluding diaryl/α,β-unsaturated/α-hetero) is 4. The molecule has 210 valence electrons. The number of carbonyl (C=O) groups excluding carboxylic acids is 6. The molecule has 3 aliphatic carbocycles. The first kappa shape index (κ1) is 28.2. The summed E-state index contributed by atoms with van der Waals surface area (Å²) in [7, 11) is 3.41. The molecule has 5 atom stereocenters. The number of primary amides is 1. The summed E-state index contributed by atoms with van der Waals surface area (Å²) in [4.78, 5) is 79.0. The first-order chi connectivity index (χ1) is 18.0. The predicted octanol–water partition coefficient (Wildman–Crippen LogP) is 0.987. The molecule has 2 amide bonds. The van der Waals surface area contributed by atoms with E-state index in [9.17, 15) is 39.0 Å². The van der Waals surface area contributed by atoms with E-state index in [4.69, 9.17) is 10.5 Å². The van der Waals surface area contributed by atoms with Crippen LogP contribution in [0, 0.1) is 29.1 Å². The number of aliphatic hydroxyl groups is 1. The highest BCUT2D eigenvalue weighted by atomic mass is 16.5. The highest BCUT2D eigenvalue weighted by Gasteiger charge is 2.66. The summed E-state index contributed by atoms with van der Waals surface area (Å²) in [5.41, 5.74) is 2.77. The Balaban J connectivity index is 1.76. The number of amides is 2. The maximum Gasteiger partial charge on any atom is 0.411 e. The van der Waals surface area contributed by atoms with Gasteiger partial charge in [-0.2, -0.15) is 0 Å². The molecule has 3 aliphatic rings. The molecule has 39 heavy (non-hydrogen) atoms. The number of ketones is 4. The van der Waals surface area contributed by atoms with Gasteiger partial charge in [-0.05, 0) is 35.8 Å². The predicted molar refractivity (Wildman–Crippen MR) is 137 cm³/mol. The van der Waals surface area contributed by atoms with Crippen molar-refractivity contribution >= 4 is 46.5 Å². The molecule has 2 unspecified atom stereocenters. The van der Waals surface area contributed by atoms with E-state index in [1.807, 2.05) is 20.8 Å². The molecule has 1 aromatic rings. The summed E-state index contributed by atoms with van der Waals surface area (Å²) < 4.78 is 5.21. The molecule has 0 heterocycles. The Bertz CT molecular complexity index is 1310. The number of fused-ring (bicyclic) bond motifs is 3. The number of phenols is 1. The molecular formula is C27H33N3O9. The molecule has 2 fully saturated rings. The van der Waals surface area contributed by atoms with Crippen molar-refractivity contribution in [1.29, 1.82) is 0 Å². The summed E-state index contributed by atoms with van der Waals surface area (Å²) in [6, 6.07) is 1.49. The van der Waals surface area contributed by atoms with Crippen LogP contribution < -0.4 is 16.0 Å². The van der Waals surface area contributed by atoms with Crippen LogP contribution in [0.15, 0.2) is 6.07 Å². The third kappa shape index (κ3) is 4.56. The summed E-state index contributed by atoms with van der Waals surface area (Å²) in [6.07, 6.45) is -1.14. The van der Waals surface area contributed by atoms with Gasteiger partial charge < -0.3 is 25.6 Å². The van der Waals surface area contributed by atoms with Crippen LogP contribution in [0.1, 0.15) is 49.5 Å². The SMILES string of the molecule is CN(C)c1cc(NC(=O)OCC(C)(C)C)c(O)c2c1C[C@H]1C[C@H]3CC(=O)C(C(N)=O)C(=O)[C@@]3(O)C(=O)C1C2=O. The van der Waals surface area contributed by atoms with E-state index in [1.165, 1.54) is 6.07 Å².